The summed E-state index contributed by atoms with van der Waals surface area (Å²) < 4.78 is 7.24. The molecule has 0 bridgehead atoms. The van der Waals surface area contributed by atoms with Crippen molar-refractivity contribution in [3.05, 3.63) is 66.1 Å². The van der Waals surface area contributed by atoms with Gasteiger partial charge in [0.2, 0.25) is 0 Å². The number of rotatable bonds is 9. The first kappa shape index (κ1) is 20.4. The average Bonchev–Trinajstić information content (AvgIpc) is 3.12. The summed E-state index contributed by atoms with van der Waals surface area (Å²) in [5.74, 6) is -0.297. The number of carbonyl (C=O) groups is 2. The third kappa shape index (κ3) is 5.57. The minimum Gasteiger partial charge on any atom is -0.462 e. The number of para-hydroxylation sites is 1. The molecule has 0 spiro atoms. The van der Waals surface area contributed by atoms with E-state index >= 15 is 0 Å². The molecule has 0 aliphatic heterocycles. The van der Waals surface area contributed by atoms with Gasteiger partial charge in [-0.25, -0.2) is 9.59 Å². The van der Waals surface area contributed by atoms with E-state index in [1.807, 2.05) is 42.6 Å². The minimum atomic E-state index is -0.297. The Bertz CT molecular complexity index is 953. The number of benzene rings is 1. The average molecular weight is 394 g/mol. The van der Waals surface area contributed by atoms with E-state index in [9.17, 15) is 9.59 Å². The van der Waals surface area contributed by atoms with E-state index in [1.54, 1.807) is 19.3 Å². The Morgan fingerprint density at radius 2 is 1.97 bits per heavy atom. The fourth-order valence-corrected chi connectivity index (χ4v) is 3.16. The molecular weight excluding hydrogens is 368 g/mol. The molecule has 1 aromatic carbocycles. The van der Waals surface area contributed by atoms with Crippen molar-refractivity contribution in [3.63, 3.8) is 0 Å². The van der Waals surface area contributed by atoms with Crippen molar-refractivity contribution in [1.82, 2.24) is 20.2 Å². The normalized spacial score (nSPS) is 10.7. The van der Waals surface area contributed by atoms with E-state index in [1.165, 1.54) is 0 Å². The third-order valence-electron chi connectivity index (χ3n) is 4.57. The number of carbonyl (C=O) groups excluding carboxylic acids is 2. The van der Waals surface area contributed by atoms with Gasteiger partial charge in [-0.2, -0.15) is 0 Å². The molecule has 3 aromatic rings. The molecule has 0 fully saturated rings. The van der Waals surface area contributed by atoms with Gasteiger partial charge in [0.15, 0.2) is 0 Å². The van der Waals surface area contributed by atoms with Crippen molar-refractivity contribution < 1.29 is 14.3 Å². The predicted octanol–water partition coefficient (Wildman–Crippen LogP) is 3.49. The molecule has 0 atom stereocenters. The first-order valence-corrected chi connectivity index (χ1v) is 9.84. The Kier molecular flexibility index (Phi) is 7.22. The monoisotopic (exact) mass is 394 g/mol. The summed E-state index contributed by atoms with van der Waals surface area (Å²) in [5.41, 5.74) is 2.56. The lowest BCUT2D eigenvalue weighted by atomic mass is 10.2. The third-order valence-corrected chi connectivity index (χ3v) is 4.57. The zero-order chi connectivity index (χ0) is 20.5. The van der Waals surface area contributed by atoms with Gasteiger partial charge in [0.25, 0.3) is 0 Å². The first-order chi connectivity index (χ1) is 14.2. The van der Waals surface area contributed by atoms with Gasteiger partial charge >= 0.3 is 12.0 Å². The summed E-state index contributed by atoms with van der Waals surface area (Å²) in [6.07, 6.45) is 7.00. The highest BCUT2D eigenvalue weighted by molar-refractivity contribution is 6.04. The second-order valence-corrected chi connectivity index (χ2v) is 6.65. The molecule has 2 aromatic heterocycles. The summed E-state index contributed by atoms with van der Waals surface area (Å²) in [5, 5.41) is 6.58. The molecule has 29 heavy (non-hydrogen) atoms. The Morgan fingerprint density at radius 1 is 1.10 bits per heavy atom. The largest absolute Gasteiger partial charge is 0.462 e. The van der Waals surface area contributed by atoms with Crippen LogP contribution in [0.5, 0.6) is 0 Å². The summed E-state index contributed by atoms with van der Waals surface area (Å²) in [7, 11) is 0. The number of nitrogens with zero attached hydrogens (tertiary/aromatic N) is 2. The van der Waals surface area contributed by atoms with Crippen molar-refractivity contribution in [2.75, 3.05) is 13.2 Å². The molecule has 2 amide bonds. The van der Waals surface area contributed by atoms with Crippen molar-refractivity contribution >= 4 is 22.9 Å². The van der Waals surface area contributed by atoms with Crippen molar-refractivity contribution in [2.24, 2.45) is 0 Å². The van der Waals surface area contributed by atoms with E-state index in [0.29, 0.717) is 25.3 Å². The molecule has 0 aliphatic rings. The maximum absolute atomic E-state index is 12.2. The van der Waals surface area contributed by atoms with Gasteiger partial charge in [-0.3, -0.25) is 4.98 Å². The second-order valence-electron chi connectivity index (χ2n) is 6.65. The van der Waals surface area contributed by atoms with Crippen LogP contribution in [0.4, 0.5) is 4.79 Å². The smallest absolute Gasteiger partial charge is 0.340 e. The van der Waals surface area contributed by atoms with E-state index in [0.717, 1.165) is 35.9 Å². The van der Waals surface area contributed by atoms with Gasteiger partial charge in [0.05, 0.1) is 12.2 Å². The number of urea groups is 1. The van der Waals surface area contributed by atoms with Crippen LogP contribution < -0.4 is 10.6 Å². The number of nitrogens with one attached hydrogen (secondary N) is 2. The lowest BCUT2D eigenvalue weighted by molar-refractivity contribution is 0.0528. The van der Waals surface area contributed by atoms with Crippen molar-refractivity contribution in [1.29, 1.82) is 0 Å². The van der Waals surface area contributed by atoms with Crippen molar-refractivity contribution in [3.8, 4) is 0 Å². The molecule has 2 N–H and O–H groups in total. The molecule has 3 rings (SSSR count). The fourth-order valence-electron chi connectivity index (χ4n) is 3.16. The molecule has 152 valence electrons. The zero-order valence-electron chi connectivity index (χ0n) is 16.6. The fraction of sp³-hybridized carbons (Fsp3) is 0.318. The summed E-state index contributed by atoms with van der Waals surface area (Å²) in [4.78, 5) is 28.1. The van der Waals surface area contributed by atoms with E-state index in [4.69, 9.17) is 4.74 Å². The number of amides is 2. The van der Waals surface area contributed by atoms with Crippen molar-refractivity contribution in [2.45, 2.75) is 32.9 Å². The number of ether oxygens (including phenoxy) is 1. The molecule has 0 aliphatic carbocycles. The number of hydrogen-bond donors (Lipinski definition) is 2. The van der Waals surface area contributed by atoms with Gasteiger partial charge < -0.3 is 19.9 Å². The van der Waals surface area contributed by atoms with Gasteiger partial charge in [0.1, 0.15) is 0 Å². The van der Waals surface area contributed by atoms with Crippen LogP contribution >= 0.6 is 0 Å². The molecule has 0 saturated heterocycles. The lowest BCUT2D eigenvalue weighted by Gasteiger charge is -2.08. The van der Waals surface area contributed by atoms with Gasteiger partial charge in [-0.05, 0) is 37.5 Å². The number of aromatic nitrogens is 2. The van der Waals surface area contributed by atoms with Crippen LogP contribution in [-0.2, 0) is 17.8 Å². The molecular formula is C22H26N4O3. The van der Waals surface area contributed by atoms with Crippen LogP contribution in [0.1, 0.15) is 35.7 Å². The topological polar surface area (TPSA) is 85.2 Å². The molecule has 0 unspecified atom stereocenters. The number of pyridine rings is 1. The Balaban J connectivity index is 1.45. The molecule has 0 radical (unpaired) electrons. The maximum Gasteiger partial charge on any atom is 0.340 e. The molecule has 7 heteroatoms. The Morgan fingerprint density at radius 3 is 2.76 bits per heavy atom. The minimum absolute atomic E-state index is 0.190. The summed E-state index contributed by atoms with van der Waals surface area (Å²) in [6.45, 7) is 3.96. The number of hydrogen-bond acceptors (Lipinski definition) is 4. The van der Waals surface area contributed by atoms with Crippen LogP contribution in [0.2, 0.25) is 0 Å². The Hall–Kier alpha value is -3.35. The Labute approximate surface area is 170 Å². The summed E-state index contributed by atoms with van der Waals surface area (Å²) >= 11 is 0. The molecule has 7 nitrogen and oxygen atoms in total. The lowest BCUT2D eigenvalue weighted by Crippen LogP contribution is -2.35. The first-order valence-electron chi connectivity index (χ1n) is 9.84. The maximum atomic E-state index is 12.2. The quantitative estimate of drug-likeness (QED) is 0.430. The number of esters is 1. The van der Waals surface area contributed by atoms with Gasteiger partial charge in [-0.15, -0.1) is 0 Å². The standard InChI is InChI=1S/C22H26N4O3/c1-2-29-21(27)19-16-26(20-10-4-3-9-18(19)20)13-6-5-12-24-22(28)25-15-17-8-7-11-23-14-17/h3-4,7-11,14,16H,2,5-6,12-13,15H2,1H3,(H2,24,25,28). The highest BCUT2D eigenvalue weighted by Crippen LogP contribution is 2.22. The molecule has 2 heterocycles. The number of aryl methyl sites for hydroxylation is 1. The SMILES string of the molecule is CCOC(=O)c1cn(CCCCNC(=O)NCc2cccnc2)c2ccccc12. The zero-order valence-corrected chi connectivity index (χ0v) is 16.6. The highest BCUT2D eigenvalue weighted by atomic mass is 16.5. The number of unbranched alkanes of at least 4 members (excludes halogenated alkanes) is 1. The van der Waals surface area contributed by atoms with Crippen LogP contribution in [0.3, 0.4) is 0 Å². The highest BCUT2D eigenvalue weighted by Gasteiger charge is 2.15. The second kappa shape index (κ2) is 10.3. The van der Waals surface area contributed by atoms with E-state index in [2.05, 4.69) is 20.2 Å². The van der Waals surface area contributed by atoms with Gasteiger partial charge in [0, 0.05) is 49.1 Å². The van der Waals surface area contributed by atoms with E-state index < -0.39 is 0 Å². The van der Waals surface area contributed by atoms with E-state index in [-0.39, 0.29) is 12.0 Å². The predicted molar refractivity (Wildman–Crippen MR) is 112 cm³/mol. The molecule has 0 saturated carbocycles. The van der Waals surface area contributed by atoms with Crippen LogP contribution in [-0.4, -0.2) is 34.7 Å². The van der Waals surface area contributed by atoms with Crippen LogP contribution in [0.15, 0.2) is 55.0 Å². The summed E-state index contributed by atoms with van der Waals surface area (Å²) in [6, 6.07) is 11.4. The van der Waals surface area contributed by atoms with Crippen LogP contribution in [0, 0.1) is 0 Å². The van der Waals surface area contributed by atoms with Gasteiger partial charge in [-0.1, -0.05) is 24.3 Å². The number of fused-ring (bicyclic) bond motifs is 1. The van der Waals surface area contributed by atoms with Crippen LogP contribution in [0.25, 0.3) is 10.9 Å².